The van der Waals surface area contributed by atoms with Gasteiger partial charge in [0.15, 0.2) is 11.6 Å². The summed E-state index contributed by atoms with van der Waals surface area (Å²) in [6.07, 6.45) is 1.38. The van der Waals surface area contributed by atoms with Crippen molar-refractivity contribution in [1.82, 2.24) is 15.2 Å². The number of carboxylic acid groups (broad SMARTS) is 1. The lowest BCUT2D eigenvalue weighted by Crippen LogP contribution is -2.49. The highest BCUT2D eigenvalue weighted by atomic mass is 32.1. The topological polar surface area (TPSA) is 118 Å². The molecule has 2 heterocycles. The number of thiophene rings is 1. The Kier molecular flexibility index (Phi) is 9.39. The van der Waals surface area contributed by atoms with E-state index in [1.165, 1.54) is 47.3 Å². The number of halogens is 2. The van der Waals surface area contributed by atoms with Crippen LogP contribution in [0.3, 0.4) is 0 Å². The molecule has 0 aliphatic carbocycles. The van der Waals surface area contributed by atoms with Crippen LogP contribution in [-0.4, -0.2) is 33.5 Å². The van der Waals surface area contributed by atoms with E-state index in [1.54, 1.807) is 6.92 Å². The fourth-order valence-electron chi connectivity index (χ4n) is 4.47. The van der Waals surface area contributed by atoms with Gasteiger partial charge in [-0.25, -0.2) is 8.78 Å². The zero-order valence-corrected chi connectivity index (χ0v) is 23.2. The summed E-state index contributed by atoms with van der Waals surface area (Å²) in [6, 6.07) is 2.67. The number of carbonyl (C=O) groups is 3. The summed E-state index contributed by atoms with van der Waals surface area (Å²) in [5, 5.41) is 14.5. The summed E-state index contributed by atoms with van der Waals surface area (Å²) < 4.78 is 31.1. The molecule has 2 atom stereocenters. The Labute approximate surface area is 228 Å². The number of aryl methyl sites for hydroxylation is 3. The molecule has 2 amide bonds. The molecule has 0 radical (unpaired) electrons. The van der Waals surface area contributed by atoms with Gasteiger partial charge >= 0.3 is 5.97 Å². The van der Waals surface area contributed by atoms with Gasteiger partial charge in [-0.15, -0.1) is 11.3 Å². The quantitative estimate of drug-likeness (QED) is 0.337. The van der Waals surface area contributed by atoms with Gasteiger partial charge in [0, 0.05) is 28.6 Å². The van der Waals surface area contributed by atoms with Gasteiger partial charge in [0.1, 0.15) is 11.6 Å². The van der Waals surface area contributed by atoms with E-state index < -0.39 is 53.5 Å². The average Bonchev–Trinajstić information content (AvgIpc) is 3.12. The van der Waals surface area contributed by atoms with Gasteiger partial charge in [0.25, 0.3) is 11.5 Å². The van der Waals surface area contributed by atoms with E-state index in [4.69, 9.17) is 0 Å². The van der Waals surface area contributed by atoms with E-state index >= 15 is 4.39 Å². The molecule has 2 aromatic heterocycles. The van der Waals surface area contributed by atoms with Gasteiger partial charge in [-0.1, -0.05) is 13.3 Å². The Hall–Kier alpha value is -3.86. The second kappa shape index (κ2) is 12.3. The Morgan fingerprint density at radius 1 is 1.10 bits per heavy atom. The van der Waals surface area contributed by atoms with Gasteiger partial charge in [-0.3, -0.25) is 19.2 Å². The molecule has 3 N–H and O–H groups in total. The average molecular weight is 560 g/mol. The minimum absolute atomic E-state index is 0.161. The number of carbonyl (C=O) groups excluding carboxylic acids is 2. The Bertz CT molecular complexity index is 1480. The van der Waals surface area contributed by atoms with Crippen molar-refractivity contribution in [2.24, 2.45) is 7.05 Å². The second-order valence-electron chi connectivity index (χ2n) is 9.39. The minimum Gasteiger partial charge on any atom is -0.481 e. The molecule has 39 heavy (non-hydrogen) atoms. The maximum absolute atomic E-state index is 15.1. The van der Waals surface area contributed by atoms with E-state index in [-0.39, 0.29) is 17.5 Å². The fourth-order valence-corrected chi connectivity index (χ4v) is 5.56. The van der Waals surface area contributed by atoms with Gasteiger partial charge in [0.2, 0.25) is 5.91 Å². The van der Waals surface area contributed by atoms with E-state index in [0.717, 1.165) is 26.9 Å². The summed E-state index contributed by atoms with van der Waals surface area (Å²) in [7, 11) is 1.48. The normalized spacial score (nSPS) is 12.6. The predicted octanol–water partition coefficient (Wildman–Crippen LogP) is 4.55. The molecule has 3 rings (SSSR count). The van der Waals surface area contributed by atoms with Crippen LogP contribution < -0.4 is 16.2 Å². The molecule has 0 spiro atoms. The third kappa shape index (κ3) is 6.59. The predicted molar refractivity (Wildman–Crippen MR) is 145 cm³/mol. The van der Waals surface area contributed by atoms with Crippen LogP contribution in [0.25, 0.3) is 11.1 Å². The number of amides is 2. The first kappa shape index (κ1) is 29.7. The number of carboxylic acids is 1. The number of benzene rings is 1. The van der Waals surface area contributed by atoms with Crippen molar-refractivity contribution in [1.29, 1.82) is 0 Å². The number of hydrogen-bond acceptors (Lipinski definition) is 5. The van der Waals surface area contributed by atoms with E-state index in [9.17, 15) is 28.7 Å². The molecule has 8 nitrogen and oxygen atoms in total. The maximum atomic E-state index is 15.1. The van der Waals surface area contributed by atoms with Crippen molar-refractivity contribution in [3.8, 4) is 11.1 Å². The lowest BCUT2D eigenvalue weighted by Gasteiger charge is -2.24. The van der Waals surface area contributed by atoms with Gasteiger partial charge in [-0.2, -0.15) is 0 Å². The summed E-state index contributed by atoms with van der Waals surface area (Å²) in [5.74, 6) is -5.34. The van der Waals surface area contributed by atoms with Crippen LogP contribution in [0.4, 0.5) is 8.78 Å². The van der Waals surface area contributed by atoms with Crippen LogP contribution in [0.15, 0.2) is 35.3 Å². The van der Waals surface area contributed by atoms with Crippen LogP contribution in [0.1, 0.15) is 63.5 Å². The largest absolute Gasteiger partial charge is 0.481 e. The van der Waals surface area contributed by atoms with Crippen molar-refractivity contribution in [3.63, 3.8) is 0 Å². The highest BCUT2D eigenvalue weighted by molar-refractivity contribution is 7.12. The zero-order valence-electron chi connectivity index (χ0n) is 22.4. The molecule has 0 fully saturated rings. The number of pyridine rings is 1. The molecule has 0 bridgehead atoms. The number of nitrogens with one attached hydrogen (secondary N) is 2. The third-order valence-electron chi connectivity index (χ3n) is 6.54. The molecule has 0 saturated carbocycles. The van der Waals surface area contributed by atoms with Crippen molar-refractivity contribution in [2.45, 2.75) is 59.0 Å². The van der Waals surface area contributed by atoms with Crippen LogP contribution in [-0.2, 0) is 16.6 Å². The Morgan fingerprint density at radius 3 is 2.38 bits per heavy atom. The number of aliphatic carboxylic acids is 1. The van der Waals surface area contributed by atoms with Gasteiger partial charge in [-0.05, 0) is 68.1 Å². The van der Waals surface area contributed by atoms with Crippen LogP contribution >= 0.6 is 11.3 Å². The molecule has 0 aliphatic rings. The van der Waals surface area contributed by atoms with Gasteiger partial charge in [0.05, 0.1) is 12.5 Å². The van der Waals surface area contributed by atoms with Crippen LogP contribution in [0.2, 0.25) is 0 Å². The second-order valence-corrected chi connectivity index (χ2v) is 10.8. The third-order valence-corrected chi connectivity index (χ3v) is 7.67. The molecule has 3 aromatic rings. The molecule has 0 unspecified atom stereocenters. The molecular weight excluding hydrogens is 528 g/mol. The zero-order chi connectivity index (χ0) is 29.0. The standard InChI is InChI=1S/C28H31F2N3O5S/c1-6-8-21(31-26(36)18-9-7-10-33(5)28(18)38)27(37)32-22(13-23(34)35)19-11-17(12-20(29)25(19)30)24-14(2)15(3)39-16(24)4/h7,9-12,21-22H,6,8,13H2,1-5H3,(H,31,36)(H,32,37)(H,34,35)/t21-,22-/m0/s1. The smallest absolute Gasteiger partial charge is 0.305 e. The monoisotopic (exact) mass is 559 g/mol. The molecule has 1 aromatic carbocycles. The fraction of sp³-hybridized carbons (Fsp3) is 0.357. The summed E-state index contributed by atoms with van der Waals surface area (Å²) >= 11 is 1.51. The van der Waals surface area contributed by atoms with Crippen molar-refractivity contribution < 1.29 is 28.3 Å². The number of nitrogens with zero attached hydrogens (tertiary/aromatic N) is 1. The molecule has 0 aliphatic heterocycles. The molecule has 0 saturated heterocycles. The Balaban J connectivity index is 1.97. The van der Waals surface area contributed by atoms with Crippen LogP contribution in [0, 0.1) is 32.4 Å². The van der Waals surface area contributed by atoms with Crippen molar-refractivity contribution in [3.05, 3.63) is 78.9 Å². The SMILES string of the molecule is CCC[C@H](NC(=O)c1cccn(C)c1=O)C(=O)N[C@@H](CC(=O)O)c1cc(-c2c(C)sc(C)c2C)cc(F)c1F. The number of rotatable bonds is 10. The molecular formula is C28H31F2N3O5S. The summed E-state index contributed by atoms with van der Waals surface area (Å²) in [5.41, 5.74) is 0.935. The minimum atomic E-state index is -1.43. The summed E-state index contributed by atoms with van der Waals surface area (Å²) in [4.78, 5) is 52.0. The summed E-state index contributed by atoms with van der Waals surface area (Å²) in [6.45, 7) is 7.41. The highest BCUT2D eigenvalue weighted by Gasteiger charge is 2.29. The molecule has 208 valence electrons. The lowest BCUT2D eigenvalue weighted by atomic mass is 9.94. The van der Waals surface area contributed by atoms with Crippen LogP contribution in [0.5, 0.6) is 0 Å². The van der Waals surface area contributed by atoms with Crippen molar-refractivity contribution >= 4 is 29.1 Å². The first-order valence-corrected chi connectivity index (χ1v) is 13.2. The number of hydrogen-bond donors (Lipinski definition) is 3. The first-order valence-electron chi connectivity index (χ1n) is 12.4. The van der Waals surface area contributed by atoms with Gasteiger partial charge < -0.3 is 20.3 Å². The highest BCUT2D eigenvalue weighted by Crippen LogP contribution is 2.38. The Morgan fingerprint density at radius 2 is 1.79 bits per heavy atom. The van der Waals surface area contributed by atoms with E-state index in [0.29, 0.717) is 12.0 Å². The first-order chi connectivity index (χ1) is 18.3. The lowest BCUT2D eigenvalue weighted by molar-refractivity contribution is -0.137. The van der Waals surface area contributed by atoms with E-state index in [2.05, 4.69) is 10.6 Å². The maximum Gasteiger partial charge on any atom is 0.305 e. The van der Waals surface area contributed by atoms with Crippen molar-refractivity contribution in [2.75, 3.05) is 0 Å². The number of aromatic nitrogens is 1. The van der Waals surface area contributed by atoms with E-state index in [1.807, 2.05) is 20.8 Å². The molecule has 11 heteroatoms.